The van der Waals surface area contributed by atoms with Gasteiger partial charge in [0.25, 0.3) is 0 Å². The Morgan fingerprint density at radius 3 is 2.52 bits per heavy atom. The highest BCUT2D eigenvalue weighted by Crippen LogP contribution is 2.37. The summed E-state index contributed by atoms with van der Waals surface area (Å²) in [6, 6.07) is 15.9. The second kappa shape index (κ2) is 9.24. The van der Waals surface area contributed by atoms with E-state index in [1.54, 1.807) is 7.11 Å². The molecule has 0 saturated heterocycles. The molecule has 1 aliphatic carbocycles. The zero-order valence-corrected chi connectivity index (χ0v) is 18.7. The summed E-state index contributed by atoms with van der Waals surface area (Å²) < 4.78 is 13.7. The van der Waals surface area contributed by atoms with Gasteiger partial charge >= 0.3 is 0 Å². The molecule has 29 heavy (non-hydrogen) atoms. The second-order valence-corrected chi connectivity index (χ2v) is 8.06. The molecule has 1 aromatic heterocycles. The number of aromatic nitrogens is 2. The van der Waals surface area contributed by atoms with Gasteiger partial charge in [-0.2, -0.15) is 18.6 Å². The number of para-hydroxylation sites is 2. The fourth-order valence-corrected chi connectivity index (χ4v) is 3.85. The van der Waals surface area contributed by atoms with Gasteiger partial charge in [-0.3, -0.25) is 0 Å². The first-order chi connectivity index (χ1) is 13.6. The lowest BCUT2D eigenvalue weighted by atomic mass is 10.1. The fraction of sp³-hybridized carbons (Fsp3) is 0.348. The minimum absolute atomic E-state index is 0. The second-order valence-electron chi connectivity index (χ2n) is 7.62. The highest BCUT2D eigenvalue weighted by atomic mass is 35.5. The Balaban J connectivity index is 0.00000240. The van der Waals surface area contributed by atoms with Gasteiger partial charge in [-0.25, -0.2) is 4.68 Å². The van der Waals surface area contributed by atoms with Crippen molar-refractivity contribution in [2.45, 2.75) is 32.8 Å². The van der Waals surface area contributed by atoms with E-state index in [1.165, 1.54) is 5.56 Å². The number of rotatable bonds is 6. The van der Waals surface area contributed by atoms with Crippen LogP contribution < -0.4 is 4.74 Å². The van der Waals surface area contributed by atoms with Crippen molar-refractivity contribution in [1.82, 2.24) is 9.78 Å². The van der Waals surface area contributed by atoms with E-state index >= 15 is 0 Å². The predicted molar refractivity (Wildman–Crippen MR) is 123 cm³/mol. The Morgan fingerprint density at radius 1 is 1.10 bits per heavy atom. The van der Waals surface area contributed by atoms with Crippen molar-refractivity contribution in [1.29, 1.82) is 0 Å². The van der Waals surface area contributed by atoms with Crippen molar-refractivity contribution in [3.05, 3.63) is 64.8 Å². The third-order valence-corrected chi connectivity index (χ3v) is 5.27. The summed E-state index contributed by atoms with van der Waals surface area (Å²) in [5.74, 6) is 1.32. The lowest BCUT2D eigenvalue weighted by Crippen LogP contribution is -2.17. The molecular weight excluding hydrogens is 404 g/mol. The van der Waals surface area contributed by atoms with Gasteiger partial charge in [0.1, 0.15) is 11.4 Å². The standard InChI is InChI=1S/C23H25ClN2O2.H2S/c1-15(2)14-28-18-12-19-20(13-18)25-26(21-6-4-5-7-22(21)27-3)23(19)16-8-10-17(24)11-9-16;/h4-11,15,18H,12-14H2,1-3H3;1H2/t18-;/m0./s1. The summed E-state index contributed by atoms with van der Waals surface area (Å²) >= 11 is 6.13. The number of ether oxygens (including phenoxy) is 2. The topological polar surface area (TPSA) is 36.3 Å². The molecule has 4 nitrogen and oxygen atoms in total. The normalized spacial score (nSPS) is 15.3. The van der Waals surface area contributed by atoms with Crippen molar-refractivity contribution in [2.75, 3.05) is 13.7 Å². The smallest absolute Gasteiger partial charge is 0.144 e. The Labute approximate surface area is 184 Å². The zero-order chi connectivity index (χ0) is 19.7. The third kappa shape index (κ3) is 4.47. The highest BCUT2D eigenvalue weighted by molar-refractivity contribution is 7.59. The SMILES string of the molecule is COc1ccccc1-n1nc2c(c1-c1ccc(Cl)cc1)C[C@H](OCC(C)C)C2.S. The minimum atomic E-state index is 0. The molecule has 0 spiro atoms. The number of hydrogen-bond donors (Lipinski definition) is 0. The van der Waals surface area contributed by atoms with Crippen LogP contribution in [0.2, 0.25) is 5.02 Å². The molecule has 1 aliphatic rings. The number of halogens is 1. The van der Waals surface area contributed by atoms with Crippen molar-refractivity contribution < 1.29 is 9.47 Å². The van der Waals surface area contributed by atoms with Gasteiger partial charge in [0.2, 0.25) is 0 Å². The fourth-order valence-electron chi connectivity index (χ4n) is 3.72. The number of methoxy groups -OCH3 is 1. The summed E-state index contributed by atoms with van der Waals surface area (Å²) in [5.41, 5.74) is 5.47. The lowest BCUT2D eigenvalue weighted by Gasteiger charge is -2.16. The third-order valence-electron chi connectivity index (χ3n) is 5.02. The lowest BCUT2D eigenvalue weighted by molar-refractivity contribution is 0.0422. The summed E-state index contributed by atoms with van der Waals surface area (Å²) in [7, 11) is 1.69. The van der Waals surface area contributed by atoms with Crippen molar-refractivity contribution in [3.8, 4) is 22.7 Å². The van der Waals surface area contributed by atoms with Crippen molar-refractivity contribution in [3.63, 3.8) is 0 Å². The summed E-state index contributed by atoms with van der Waals surface area (Å²) in [5, 5.41) is 5.69. The van der Waals surface area contributed by atoms with Gasteiger partial charge in [0.15, 0.2) is 0 Å². The van der Waals surface area contributed by atoms with Crippen LogP contribution in [-0.4, -0.2) is 29.6 Å². The molecule has 0 fully saturated rings. The Hall–Kier alpha value is -1.95. The molecule has 1 atom stereocenters. The molecule has 0 unspecified atom stereocenters. The largest absolute Gasteiger partial charge is 0.494 e. The van der Waals surface area contributed by atoms with Crippen LogP contribution in [-0.2, 0) is 17.6 Å². The predicted octanol–water partition coefficient (Wildman–Crippen LogP) is 5.45. The molecule has 6 heteroatoms. The molecule has 0 saturated carbocycles. The maximum absolute atomic E-state index is 6.13. The van der Waals surface area contributed by atoms with Crippen LogP contribution in [0.15, 0.2) is 48.5 Å². The van der Waals surface area contributed by atoms with Crippen LogP contribution in [0.25, 0.3) is 16.9 Å². The summed E-state index contributed by atoms with van der Waals surface area (Å²) in [6.07, 6.45) is 1.90. The van der Waals surface area contributed by atoms with Crippen LogP contribution in [0.5, 0.6) is 5.75 Å². The molecule has 154 valence electrons. The molecule has 0 aliphatic heterocycles. The van der Waals surface area contributed by atoms with Gasteiger partial charge in [0.05, 0.1) is 24.6 Å². The van der Waals surface area contributed by atoms with E-state index in [-0.39, 0.29) is 19.6 Å². The Bertz CT molecular complexity index is 970. The van der Waals surface area contributed by atoms with Gasteiger partial charge in [-0.1, -0.05) is 49.7 Å². The van der Waals surface area contributed by atoms with Crippen LogP contribution in [0, 0.1) is 5.92 Å². The summed E-state index contributed by atoms with van der Waals surface area (Å²) in [4.78, 5) is 0. The molecule has 0 N–H and O–H groups in total. The first-order valence-electron chi connectivity index (χ1n) is 9.68. The quantitative estimate of drug-likeness (QED) is 0.521. The van der Waals surface area contributed by atoms with E-state index in [0.29, 0.717) is 5.92 Å². The number of benzene rings is 2. The maximum atomic E-state index is 6.13. The molecule has 2 aromatic carbocycles. The highest BCUT2D eigenvalue weighted by Gasteiger charge is 2.31. The average Bonchev–Trinajstić information content (AvgIpc) is 3.24. The van der Waals surface area contributed by atoms with Crippen molar-refractivity contribution >= 4 is 25.1 Å². The van der Waals surface area contributed by atoms with E-state index in [0.717, 1.165) is 52.9 Å². The Kier molecular flexibility index (Phi) is 6.93. The van der Waals surface area contributed by atoms with Gasteiger partial charge in [-0.15, -0.1) is 0 Å². The monoisotopic (exact) mass is 430 g/mol. The average molecular weight is 431 g/mol. The first kappa shape index (κ1) is 21.8. The van der Waals surface area contributed by atoms with E-state index < -0.39 is 0 Å². The molecule has 3 aromatic rings. The van der Waals surface area contributed by atoms with Crippen LogP contribution in [0.4, 0.5) is 0 Å². The van der Waals surface area contributed by atoms with Crippen LogP contribution in [0.3, 0.4) is 0 Å². The summed E-state index contributed by atoms with van der Waals surface area (Å²) in [6.45, 7) is 5.13. The van der Waals surface area contributed by atoms with Crippen molar-refractivity contribution in [2.24, 2.45) is 5.92 Å². The molecule has 4 rings (SSSR count). The number of fused-ring (bicyclic) bond motifs is 1. The molecule has 1 heterocycles. The molecule has 0 bridgehead atoms. The molecule has 0 radical (unpaired) electrons. The maximum Gasteiger partial charge on any atom is 0.144 e. The van der Waals surface area contributed by atoms with E-state index in [1.807, 2.05) is 53.2 Å². The number of hydrogen-bond acceptors (Lipinski definition) is 3. The van der Waals surface area contributed by atoms with Gasteiger partial charge in [-0.05, 0) is 30.2 Å². The first-order valence-corrected chi connectivity index (χ1v) is 10.1. The zero-order valence-electron chi connectivity index (χ0n) is 17.0. The van der Waals surface area contributed by atoms with Crippen LogP contribution >= 0.6 is 25.1 Å². The van der Waals surface area contributed by atoms with Gasteiger partial charge in [0, 0.05) is 35.6 Å². The van der Waals surface area contributed by atoms with E-state index in [2.05, 4.69) is 13.8 Å². The van der Waals surface area contributed by atoms with Crippen LogP contribution in [0.1, 0.15) is 25.1 Å². The van der Waals surface area contributed by atoms with E-state index in [9.17, 15) is 0 Å². The van der Waals surface area contributed by atoms with E-state index in [4.69, 9.17) is 26.2 Å². The minimum Gasteiger partial charge on any atom is -0.494 e. The van der Waals surface area contributed by atoms with Gasteiger partial charge < -0.3 is 9.47 Å². The molecular formula is C23H27ClN2O2S. The Morgan fingerprint density at radius 2 is 1.83 bits per heavy atom. The molecule has 0 amide bonds. The number of nitrogens with zero attached hydrogens (tertiary/aromatic N) is 2.